The maximum absolute atomic E-state index is 12.8. The number of hydrogen-bond acceptors (Lipinski definition) is 5. The second kappa shape index (κ2) is 9.86. The molecule has 1 atom stereocenters. The van der Waals surface area contributed by atoms with E-state index in [4.69, 9.17) is 11.6 Å². The van der Waals surface area contributed by atoms with Gasteiger partial charge in [0.2, 0.25) is 5.91 Å². The number of hydrogen-bond donors (Lipinski definition) is 2. The van der Waals surface area contributed by atoms with Crippen LogP contribution in [-0.4, -0.2) is 17.4 Å². The van der Waals surface area contributed by atoms with Crippen LogP contribution in [0.4, 0.5) is 5.69 Å². The minimum absolute atomic E-state index is 0.0629. The number of Topliss-reactive ketones (excluding diaryl/α,β-unsaturated/α-hetero) is 1. The van der Waals surface area contributed by atoms with Crippen LogP contribution in [0, 0.1) is 25.2 Å². The molecule has 168 valence electrons. The number of dihydropyridines is 1. The van der Waals surface area contributed by atoms with Crippen molar-refractivity contribution in [3.63, 3.8) is 0 Å². The fourth-order valence-corrected chi connectivity index (χ4v) is 5.17. The lowest BCUT2D eigenvalue weighted by Gasteiger charge is -2.33. The van der Waals surface area contributed by atoms with E-state index in [1.807, 2.05) is 44.2 Å². The second-order valence-electron chi connectivity index (χ2n) is 8.27. The molecule has 0 spiro atoms. The maximum Gasteiger partial charge on any atom is 0.234 e. The van der Waals surface area contributed by atoms with Gasteiger partial charge in [-0.3, -0.25) is 9.59 Å². The quantitative estimate of drug-likeness (QED) is 0.572. The van der Waals surface area contributed by atoms with Crippen molar-refractivity contribution in [2.24, 2.45) is 0 Å². The number of ketones is 1. The Morgan fingerprint density at radius 1 is 1.18 bits per heavy atom. The second-order valence-corrected chi connectivity index (χ2v) is 9.69. The first kappa shape index (κ1) is 23.2. The summed E-state index contributed by atoms with van der Waals surface area (Å²) in [4.78, 5) is 25.5. The smallest absolute Gasteiger partial charge is 0.234 e. The largest absolute Gasteiger partial charge is 0.352 e. The highest BCUT2D eigenvalue weighted by Gasteiger charge is 2.37. The van der Waals surface area contributed by atoms with Gasteiger partial charge in [-0.25, -0.2) is 0 Å². The van der Waals surface area contributed by atoms with Crippen LogP contribution in [0.5, 0.6) is 0 Å². The van der Waals surface area contributed by atoms with Crippen molar-refractivity contribution in [3.05, 3.63) is 86.0 Å². The summed E-state index contributed by atoms with van der Waals surface area (Å²) in [5.74, 6) is -0.406. The highest BCUT2D eigenvalue weighted by Crippen LogP contribution is 2.44. The molecule has 2 N–H and O–H groups in total. The predicted molar refractivity (Wildman–Crippen MR) is 133 cm³/mol. The third-order valence-corrected chi connectivity index (χ3v) is 7.27. The zero-order valence-electron chi connectivity index (χ0n) is 18.5. The minimum atomic E-state index is -0.457. The molecule has 33 heavy (non-hydrogen) atoms. The number of halogens is 1. The molecule has 2 aromatic rings. The third kappa shape index (κ3) is 5.00. The summed E-state index contributed by atoms with van der Waals surface area (Å²) in [5, 5.41) is 17.5. The van der Waals surface area contributed by atoms with E-state index in [1.165, 1.54) is 11.8 Å². The van der Waals surface area contributed by atoms with Gasteiger partial charge in [0.05, 0.1) is 28.3 Å². The van der Waals surface area contributed by atoms with Gasteiger partial charge >= 0.3 is 0 Å². The van der Waals surface area contributed by atoms with Crippen LogP contribution in [0.25, 0.3) is 0 Å². The van der Waals surface area contributed by atoms with E-state index in [9.17, 15) is 14.9 Å². The molecule has 0 fully saturated rings. The highest BCUT2D eigenvalue weighted by atomic mass is 35.5. The van der Waals surface area contributed by atoms with Gasteiger partial charge in [0.1, 0.15) is 0 Å². The molecule has 0 saturated carbocycles. The maximum atomic E-state index is 12.8. The summed E-state index contributed by atoms with van der Waals surface area (Å²) in [6.07, 6.45) is 1.98. The van der Waals surface area contributed by atoms with Gasteiger partial charge in [-0.2, -0.15) is 5.26 Å². The number of allylic oxidation sites excluding steroid dienone is 3. The Labute approximate surface area is 202 Å². The molecule has 1 heterocycles. The standard InChI is InChI=1S/C26H24ClN3O2S/c1-15-6-11-19(12-16(15)2)29-23(32)14-33-26-20(13-28)24(17-7-9-18(27)10-8-17)25-21(30-26)4-3-5-22(25)31/h6-12,24,30H,3-5,14H2,1-2H3,(H,29,32)/t24-/m0/s1. The molecule has 0 saturated heterocycles. The topological polar surface area (TPSA) is 82.0 Å². The zero-order valence-corrected chi connectivity index (χ0v) is 20.1. The first-order chi connectivity index (χ1) is 15.9. The van der Waals surface area contributed by atoms with Crippen molar-refractivity contribution in [1.82, 2.24) is 5.32 Å². The Balaban J connectivity index is 1.59. The Bertz CT molecular complexity index is 1230. The summed E-state index contributed by atoms with van der Waals surface area (Å²) in [5.41, 5.74) is 5.82. The Kier molecular flexibility index (Phi) is 6.92. The molecule has 7 heteroatoms. The normalized spacial score (nSPS) is 17.9. The number of rotatable bonds is 5. The van der Waals surface area contributed by atoms with Crippen molar-refractivity contribution < 1.29 is 9.59 Å². The van der Waals surface area contributed by atoms with E-state index in [2.05, 4.69) is 16.7 Å². The molecule has 2 aliphatic rings. The molecule has 5 nitrogen and oxygen atoms in total. The lowest BCUT2D eigenvalue weighted by molar-refractivity contribution is -0.116. The van der Waals surface area contributed by atoms with E-state index < -0.39 is 5.92 Å². The molecule has 1 aliphatic carbocycles. The Hall–Kier alpha value is -3.01. The van der Waals surface area contributed by atoms with Gasteiger partial charge < -0.3 is 10.6 Å². The van der Waals surface area contributed by atoms with Crippen molar-refractivity contribution >= 4 is 40.7 Å². The fourth-order valence-electron chi connectivity index (χ4n) is 4.18. The van der Waals surface area contributed by atoms with Gasteiger partial charge in [0.15, 0.2) is 5.78 Å². The number of nitrogens with one attached hydrogen (secondary N) is 2. The molecule has 2 aromatic carbocycles. The molecular formula is C26H24ClN3O2S. The van der Waals surface area contributed by atoms with Crippen LogP contribution in [0.3, 0.4) is 0 Å². The number of thioether (sulfide) groups is 1. The molecule has 1 amide bonds. The summed E-state index contributed by atoms with van der Waals surface area (Å²) in [6, 6.07) is 15.4. The van der Waals surface area contributed by atoms with Crippen LogP contribution < -0.4 is 10.6 Å². The number of benzene rings is 2. The number of amides is 1. The minimum Gasteiger partial charge on any atom is -0.352 e. The van der Waals surface area contributed by atoms with Crippen LogP contribution >= 0.6 is 23.4 Å². The number of carbonyl (C=O) groups excluding carboxylic acids is 2. The Morgan fingerprint density at radius 2 is 1.94 bits per heavy atom. The van der Waals surface area contributed by atoms with E-state index in [0.717, 1.165) is 40.9 Å². The number of carbonyl (C=O) groups is 2. The van der Waals surface area contributed by atoms with E-state index >= 15 is 0 Å². The van der Waals surface area contributed by atoms with Crippen molar-refractivity contribution in [1.29, 1.82) is 5.26 Å². The molecular weight excluding hydrogens is 454 g/mol. The van der Waals surface area contributed by atoms with Crippen LogP contribution in [0.2, 0.25) is 5.02 Å². The van der Waals surface area contributed by atoms with E-state index in [1.54, 1.807) is 12.1 Å². The number of nitrogens with zero attached hydrogens (tertiary/aromatic N) is 1. The molecule has 0 bridgehead atoms. The molecule has 1 aliphatic heterocycles. The summed E-state index contributed by atoms with van der Waals surface area (Å²) in [7, 11) is 0. The number of anilines is 1. The number of nitriles is 1. The van der Waals surface area contributed by atoms with Crippen LogP contribution in [0.1, 0.15) is 41.9 Å². The molecule has 0 unspecified atom stereocenters. The van der Waals surface area contributed by atoms with Crippen LogP contribution in [-0.2, 0) is 9.59 Å². The van der Waals surface area contributed by atoms with E-state index in [-0.39, 0.29) is 17.4 Å². The third-order valence-electron chi connectivity index (χ3n) is 6.00. The van der Waals surface area contributed by atoms with Crippen molar-refractivity contribution in [2.75, 3.05) is 11.1 Å². The van der Waals surface area contributed by atoms with Crippen molar-refractivity contribution in [3.8, 4) is 6.07 Å². The molecule has 0 aromatic heterocycles. The van der Waals surface area contributed by atoms with E-state index in [0.29, 0.717) is 27.6 Å². The fraction of sp³-hybridized carbons (Fsp3) is 0.269. The summed E-state index contributed by atoms with van der Waals surface area (Å²) in [6.45, 7) is 4.03. The lowest BCUT2D eigenvalue weighted by atomic mass is 9.77. The van der Waals surface area contributed by atoms with Crippen molar-refractivity contribution in [2.45, 2.75) is 39.0 Å². The number of aryl methyl sites for hydroxylation is 2. The van der Waals surface area contributed by atoms with Gasteiger partial charge in [0.25, 0.3) is 0 Å². The van der Waals surface area contributed by atoms with Gasteiger partial charge in [-0.15, -0.1) is 0 Å². The highest BCUT2D eigenvalue weighted by molar-refractivity contribution is 8.03. The van der Waals surface area contributed by atoms with Gasteiger partial charge in [-0.1, -0.05) is 41.6 Å². The van der Waals surface area contributed by atoms with Gasteiger partial charge in [-0.05, 0) is 67.6 Å². The zero-order chi connectivity index (χ0) is 23.5. The summed E-state index contributed by atoms with van der Waals surface area (Å²) >= 11 is 7.35. The molecule has 4 rings (SSSR count). The molecule has 0 radical (unpaired) electrons. The average Bonchev–Trinajstić information content (AvgIpc) is 2.80. The van der Waals surface area contributed by atoms with Gasteiger partial charge in [0, 0.05) is 28.4 Å². The first-order valence-electron chi connectivity index (χ1n) is 10.8. The monoisotopic (exact) mass is 477 g/mol. The lowest BCUT2D eigenvalue weighted by Crippen LogP contribution is -2.31. The summed E-state index contributed by atoms with van der Waals surface area (Å²) < 4.78 is 0. The predicted octanol–water partition coefficient (Wildman–Crippen LogP) is 5.76. The Morgan fingerprint density at radius 3 is 2.64 bits per heavy atom. The van der Waals surface area contributed by atoms with Crippen LogP contribution in [0.15, 0.2) is 64.3 Å². The first-order valence-corrected chi connectivity index (χ1v) is 12.2. The average molecular weight is 478 g/mol. The SMILES string of the molecule is Cc1ccc(NC(=O)CSC2=C(C#N)[C@H](c3ccc(Cl)cc3)C3=C(CCCC3=O)N2)cc1C.